The van der Waals surface area contributed by atoms with Crippen molar-refractivity contribution < 1.29 is 13.2 Å². The largest absolute Gasteiger partial charge is 0.399 e. The number of halogens is 5. The van der Waals surface area contributed by atoms with Gasteiger partial charge in [0, 0.05) is 10.0 Å². The van der Waals surface area contributed by atoms with Crippen LogP contribution in [0.5, 0.6) is 0 Å². The van der Waals surface area contributed by atoms with Crippen LogP contribution in [0.1, 0.15) is 22.6 Å². The van der Waals surface area contributed by atoms with E-state index in [0.717, 1.165) is 17.3 Å². The fourth-order valence-electron chi connectivity index (χ4n) is 2.74. The van der Waals surface area contributed by atoms with Crippen molar-refractivity contribution in [1.29, 1.82) is 0 Å². The molecule has 0 fully saturated rings. The molecule has 0 radical (unpaired) electrons. The summed E-state index contributed by atoms with van der Waals surface area (Å²) in [6.07, 6.45) is 1.04. The van der Waals surface area contributed by atoms with Crippen LogP contribution in [0.4, 0.5) is 13.2 Å². The number of benzene rings is 2. The highest BCUT2D eigenvalue weighted by atomic mass is 35.5. The van der Waals surface area contributed by atoms with Gasteiger partial charge in [0.1, 0.15) is 12.7 Å². The number of aryl methyl sites for hydroxylation is 1. The number of aromatic nitrogens is 3. The molecule has 0 saturated heterocycles. The summed E-state index contributed by atoms with van der Waals surface area (Å²) in [6, 6.07) is 9.23. The van der Waals surface area contributed by atoms with Crippen molar-refractivity contribution in [1.82, 2.24) is 14.8 Å². The van der Waals surface area contributed by atoms with E-state index in [1.54, 1.807) is 29.2 Å². The van der Waals surface area contributed by atoms with Crippen molar-refractivity contribution in [2.24, 2.45) is 0 Å². The van der Waals surface area contributed by atoms with Gasteiger partial charge in [-0.25, -0.2) is 9.67 Å². The Labute approximate surface area is 164 Å². The molecule has 1 atom stereocenters. The Morgan fingerprint density at radius 3 is 2.33 bits per heavy atom. The molecule has 140 valence electrons. The molecule has 1 aromatic heterocycles. The summed E-state index contributed by atoms with van der Waals surface area (Å²) in [5.74, 6) is -1.82. The molecular formula is C19H14Cl2F3N3. The Morgan fingerprint density at radius 2 is 1.78 bits per heavy atom. The number of allylic oxidation sites excluding steroid dienone is 1. The summed E-state index contributed by atoms with van der Waals surface area (Å²) in [7, 11) is 0. The molecule has 0 aliphatic rings. The highest BCUT2D eigenvalue weighted by Crippen LogP contribution is 2.38. The third-order valence-electron chi connectivity index (χ3n) is 3.96. The van der Waals surface area contributed by atoms with Gasteiger partial charge in [-0.15, -0.1) is 0 Å². The van der Waals surface area contributed by atoms with Crippen molar-refractivity contribution in [2.45, 2.75) is 19.0 Å². The zero-order valence-electron chi connectivity index (χ0n) is 14.1. The average Bonchev–Trinajstić information content (AvgIpc) is 3.07. The Hall–Kier alpha value is -2.31. The van der Waals surface area contributed by atoms with Gasteiger partial charge in [0.05, 0.1) is 11.6 Å². The van der Waals surface area contributed by atoms with Gasteiger partial charge in [-0.2, -0.15) is 18.3 Å². The molecular weight excluding hydrogens is 398 g/mol. The van der Waals surface area contributed by atoms with Crippen LogP contribution >= 0.6 is 23.2 Å². The molecule has 0 spiro atoms. The van der Waals surface area contributed by atoms with Crippen LogP contribution < -0.4 is 0 Å². The number of rotatable bonds is 4. The topological polar surface area (TPSA) is 30.7 Å². The van der Waals surface area contributed by atoms with Gasteiger partial charge in [-0.3, -0.25) is 0 Å². The van der Waals surface area contributed by atoms with E-state index in [0.29, 0.717) is 5.56 Å². The quantitative estimate of drug-likeness (QED) is 0.508. The molecule has 1 heterocycles. The second-order valence-corrected chi connectivity index (χ2v) is 6.84. The molecule has 0 aliphatic carbocycles. The lowest BCUT2D eigenvalue weighted by Crippen LogP contribution is -2.18. The highest BCUT2D eigenvalue weighted by Gasteiger charge is 2.39. The number of hydrogen-bond donors (Lipinski definition) is 0. The summed E-state index contributed by atoms with van der Waals surface area (Å²) in [5, 5.41) is 4.37. The summed E-state index contributed by atoms with van der Waals surface area (Å²) in [6.45, 7) is 1.85. The third-order valence-corrected chi connectivity index (χ3v) is 4.40. The number of hydrogen-bond acceptors (Lipinski definition) is 2. The molecule has 0 N–H and O–H groups in total. The first-order valence-electron chi connectivity index (χ1n) is 7.90. The normalized spacial score (nSPS) is 13.3. The predicted molar refractivity (Wildman–Crippen MR) is 100 cm³/mol. The highest BCUT2D eigenvalue weighted by molar-refractivity contribution is 6.34. The lowest BCUT2D eigenvalue weighted by atomic mass is 9.97. The van der Waals surface area contributed by atoms with Crippen molar-refractivity contribution in [3.8, 4) is 5.69 Å². The average molecular weight is 412 g/mol. The first-order chi connectivity index (χ1) is 12.7. The first kappa shape index (κ1) is 19.5. The molecule has 1 unspecified atom stereocenters. The Balaban J connectivity index is 1.92. The molecule has 0 amide bonds. The van der Waals surface area contributed by atoms with Crippen LogP contribution in [0.3, 0.4) is 0 Å². The van der Waals surface area contributed by atoms with E-state index in [9.17, 15) is 13.2 Å². The van der Waals surface area contributed by atoms with Crippen LogP contribution in [-0.4, -0.2) is 20.9 Å². The SMILES string of the molecule is Cc1cc(C=CC(c2cc(Cl)cc(Cl)c2)C(F)(F)F)ccc1-n1cncn1. The minimum atomic E-state index is -4.47. The smallest absolute Gasteiger partial charge is 0.223 e. The van der Waals surface area contributed by atoms with E-state index in [2.05, 4.69) is 10.1 Å². The fraction of sp³-hybridized carbons (Fsp3) is 0.158. The zero-order chi connectivity index (χ0) is 19.6. The van der Waals surface area contributed by atoms with E-state index < -0.39 is 12.1 Å². The monoisotopic (exact) mass is 411 g/mol. The second kappa shape index (κ2) is 7.74. The van der Waals surface area contributed by atoms with E-state index in [-0.39, 0.29) is 15.6 Å². The molecule has 3 nitrogen and oxygen atoms in total. The summed E-state index contributed by atoms with van der Waals surface area (Å²) >= 11 is 11.7. The van der Waals surface area contributed by atoms with Gasteiger partial charge >= 0.3 is 6.18 Å². The van der Waals surface area contributed by atoms with Gasteiger partial charge in [0.25, 0.3) is 0 Å². The van der Waals surface area contributed by atoms with Crippen LogP contribution in [0.15, 0.2) is 55.1 Å². The molecule has 27 heavy (non-hydrogen) atoms. The fourth-order valence-corrected chi connectivity index (χ4v) is 3.29. The van der Waals surface area contributed by atoms with E-state index in [1.165, 1.54) is 30.6 Å². The van der Waals surface area contributed by atoms with Crippen molar-refractivity contribution in [2.75, 3.05) is 0 Å². The van der Waals surface area contributed by atoms with E-state index in [1.807, 2.05) is 6.92 Å². The predicted octanol–water partition coefficient (Wildman–Crippen LogP) is 6.24. The van der Waals surface area contributed by atoms with E-state index in [4.69, 9.17) is 23.2 Å². The Bertz CT molecular complexity index is 947. The minimum Gasteiger partial charge on any atom is -0.223 e. The minimum absolute atomic E-state index is 0.00722. The van der Waals surface area contributed by atoms with Gasteiger partial charge in [0.2, 0.25) is 0 Å². The molecule has 2 aromatic carbocycles. The van der Waals surface area contributed by atoms with Gasteiger partial charge in [-0.1, -0.05) is 41.4 Å². The van der Waals surface area contributed by atoms with Crippen molar-refractivity contribution in [3.63, 3.8) is 0 Å². The summed E-state index contributed by atoms with van der Waals surface area (Å²) in [4.78, 5) is 3.89. The van der Waals surface area contributed by atoms with Crippen molar-refractivity contribution in [3.05, 3.63) is 81.9 Å². The lowest BCUT2D eigenvalue weighted by molar-refractivity contribution is -0.139. The maximum atomic E-state index is 13.5. The van der Waals surface area contributed by atoms with Crippen LogP contribution in [0.2, 0.25) is 10.0 Å². The van der Waals surface area contributed by atoms with Crippen LogP contribution in [0.25, 0.3) is 11.8 Å². The molecule has 0 aliphatic heterocycles. The third kappa shape index (κ3) is 4.70. The Morgan fingerprint density at radius 1 is 1.07 bits per heavy atom. The van der Waals surface area contributed by atoms with Crippen LogP contribution in [-0.2, 0) is 0 Å². The summed E-state index contributed by atoms with van der Waals surface area (Å²) < 4.78 is 42.2. The molecule has 0 bridgehead atoms. The number of alkyl halides is 3. The zero-order valence-corrected chi connectivity index (χ0v) is 15.6. The maximum Gasteiger partial charge on any atom is 0.399 e. The van der Waals surface area contributed by atoms with Crippen LogP contribution in [0, 0.1) is 6.92 Å². The van der Waals surface area contributed by atoms with Gasteiger partial charge < -0.3 is 0 Å². The second-order valence-electron chi connectivity index (χ2n) is 5.97. The molecule has 0 saturated carbocycles. The van der Waals surface area contributed by atoms with Gasteiger partial charge in [-0.05, 0) is 53.9 Å². The van der Waals surface area contributed by atoms with Gasteiger partial charge in [0.15, 0.2) is 0 Å². The number of nitrogens with zero attached hydrogens (tertiary/aromatic N) is 3. The molecule has 3 rings (SSSR count). The lowest BCUT2D eigenvalue weighted by Gasteiger charge is -2.18. The van der Waals surface area contributed by atoms with Crippen molar-refractivity contribution >= 4 is 29.3 Å². The maximum absolute atomic E-state index is 13.5. The molecule has 8 heteroatoms. The van der Waals surface area contributed by atoms with E-state index >= 15 is 0 Å². The summed E-state index contributed by atoms with van der Waals surface area (Å²) in [5.41, 5.74) is 2.29. The Kier molecular flexibility index (Phi) is 5.58. The standard InChI is InChI=1S/C19H14Cl2F3N3/c1-12-6-13(3-5-18(12)27-11-25-10-26-27)2-4-17(19(22,23)24)14-7-15(20)9-16(21)8-14/h2-11,17H,1H3. The molecule has 3 aromatic rings. The first-order valence-corrected chi connectivity index (χ1v) is 8.66.